The van der Waals surface area contributed by atoms with E-state index >= 15 is 0 Å². The second-order valence-electron chi connectivity index (χ2n) is 5.54. The van der Waals surface area contributed by atoms with E-state index in [4.69, 9.17) is 4.74 Å². The molecule has 3 heteroatoms. The second-order valence-corrected chi connectivity index (χ2v) is 5.54. The third-order valence-corrected chi connectivity index (χ3v) is 4.19. The number of allylic oxidation sites excluding steroid dienone is 1. The fourth-order valence-electron chi connectivity index (χ4n) is 3.32. The van der Waals surface area contributed by atoms with Crippen LogP contribution in [-0.4, -0.2) is 17.9 Å². The van der Waals surface area contributed by atoms with Crippen LogP contribution >= 0.6 is 0 Å². The summed E-state index contributed by atoms with van der Waals surface area (Å²) in [4.78, 5) is 23.2. The predicted molar refractivity (Wildman–Crippen MR) is 64.5 cm³/mol. The molecule has 0 heterocycles. The first-order valence-corrected chi connectivity index (χ1v) is 6.36. The summed E-state index contributed by atoms with van der Waals surface area (Å²) in [5, 5.41) is 0. The minimum Gasteiger partial charge on any atom is -0.454 e. The minimum absolute atomic E-state index is 0.00887. The van der Waals surface area contributed by atoms with Gasteiger partial charge in [0.25, 0.3) is 0 Å². The summed E-state index contributed by atoms with van der Waals surface area (Å²) in [7, 11) is 0. The van der Waals surface area contributed by atoms with Gasteiger partial charge in [0.2, 0.25) is 0 Å². The molecule has 94 valence electrons. The van der Waals surface area contributed by atoms with Crippen LogP contribution in [-0.2, 0) is 14.3 Å². The fraction of sp³-hybridized carbons (Fsp3) is 0.714. The Hall–Kier alpha value is -1.12. The highest BCUT2D eigenvalue weighted by atomic mass is 16.5. The highest BCUT2D eigenvalue weighted by molar-refractivity contribution is 6.01. The van der Waals surface area contributed by atoms with Crippen LogP contribution in [0.4, 0.5) is 0 Å². The van der Waals surface area contributed by atoms with E-state index < -0.39 is 6.10 Å². The molecule has 2 unspecified atom stereocenters. The molecule has 0 aromatic rings. The van der Waals surface area contributed by atoms with Crippen molar-refractivity contribution >= 4 is 11.8 Å². The maximum absolute atomic E-state index is 12.1. The normalized spacial score (nSPS) is 33.4. The lowest BCUT2D eigenvalue weighted by Crippen LogP contribution is -2.41. The van der Waals surface area contributed by atoms with Crippen LogP contribution in [0.5, 0.6) is 0 Å². The standard InChI is InChI=1S/C14H20O3/c1-9-11-6-4-5-7-14(11,3)8-12(13(9)16)17-10(2)15/h12H,4-8H2,1-3H3. The van der Waals surface area contributed by atoms with Gasteiger partial charge in [0.1, 0.15) is 0 Å². The molecule has 0 saturated heterocycles. The largest absolute Gasteiger partial charge is 0.454 e. The van der Waals surface area contributed by atoms with E-state index in [0.29, 0.717) is 6.42 Å². The Morgan fingerprint density at radius 2 is 2.12 bits per heavy atom. The number of hydrogen-bond acceptors (Lipinski definition) is 3. The van der Waals surface area contributed by atoms with Gasteiger partial charge in [-0.3, -0.25) is 9.59 Å². The summed E-state index contributed by atoms with van der Waals surface area (Å²) in [6.07, 6.45) is 4.62. The zero-order chi connectivity index (χ0) is 12.6. The summed E-state index contributed by atoms with van der Waals surface area (Å²) in [5.41, 5.74) is 2.21. The number of fused-ring (bicyclic) bond motifs is 1. The van der Waals surface area contributed by atoms with Gasteiger partial charge in [0.05, 0.1) is 0 Å². The molecule has 1 fully saturated rings. The van der Waals surface area contributed by atoms with Crippen LogP contribution in [0.3, 0.4) is 0 Å². The minimum atomic E-state index is -0.556. The van der Waals surface area contributed by atoms with Gasteiger partial charge in [0.15, 0.2) is 11.9 Å². The van der Waals surface area contributed by atoms with Crippen molar-refractivity contribution in [2.24, 2.45) is 5.41 Å². The summed E-state index contributed by atoms with van der Waals surface area (Å²) in [6.45, 7) is 5.45. The van der Waals surface area contributed by atoms with E-state index in [9.17, 15) is 9.59 Å². The van der Waals surface area contributed by atoms with Crippen molar-refractivity contribution in [1.82, 2.24) is 0 Å². The molecule has 0 amide bonds. The van der Waals surface area contributed by atoms with Crippen molar-refractivity contribution in [3.05, 3.63) is 11.1 Å². The molecule has 0 bridgehead atoms. The van der Waals surface area contributed by atoms with Crippen molar-refractivity contribution in [2.45, 2.75) is 59.0 Å². The lowest BCUT2D eigenvalue weighted by atomic mass is 9.63. The molecular formula is C14H20O3. The van der Waals surface area contributed by atoms with E-state index in [-0.39, 0.29) is 17.2 Å². The molecule has 0 radical (unpaired) electrons. The van der Waals surface area contributed by atoms with Crippen LogP contribution in [0.25, 0.3) is 0 Å². The van der Waals surface area contributed by atoms with Gasteiger partial charge < -0.3 is 4.74 Å². The van der Waals surface area contributed by atoms with E-state index in [1.165, 1.54) is 25.3 Å². The highest BCUT2D eigenvalue weighted by Gasteiger charge is 2.43. The molecule has 3 nitrogen and oxygen atoms in total. The molecule has 2 aliphatic carbocycles. The van der Waals surface area contributed by atoms with E-state index in [2.05, 4.69) is 6.92 Å². The molecule has 0 aromatic carbocycles. The summed E-state index contributed by atoms with van der Waals surface area (Å²) in [6, 6.07) is 0. The lowest BCUT2D eigenvalue weighted by molar-refractivity contribution is -0.154. The summed E-state index contributed by atoms with van der Waals surface area (Å²) < 4.78 is 5.17. The SMILES string of the molecule is CC(=O)OC1CC2(C)CCCCC2=C(C)C1=O. The number of ether oxygens (including phenoxy) is 1. The first-order valence-electron chi connectivity index (χ1n) is 6.36. The van der Waals surface area contributed by atoms with Crippen molar-refractivity contribution < 1.29 is 14.3 Å². The monoisotopic (exact) mass is 236 g/mol. The number of rotatable bonds is 1. The maximum Gasteiger partial charge on any atom is 0.303 e. The number of ketones is 1. The third-order valence-electron chi connectivity index (χ3n) is 4.19. The average Bonchev–Trinajstić information content (AvgIpc) is 2.24. The number of hydrogen-bond donors (Lipinski definition) is 0. The van der Waals surface area contributed by atoms with Crippen molar-refractivity contribution in [2.75, 3.05) is 0 Å². The third kappa shape index (κ3) is 2.15. The van der Waals surface area contributed by atoms with Gasteiger partial charge in [-0.1, -0.05) is 18.9 Å². The molecule has 0 aliphatic heterocycles. The molecule has 0 spiro atoms. The summed E-state index contributed by atoms with van der Waals surface area (Å²) >= 11 is 0. The Kier molecular flexibility index (Phi) is 3.11. The lowest BCUT2D eigenvalue weighted by Gasteiger charge is -2.43. The topological polar surface area (TPSA) is 43.4 Å². The van der Waals surface area contributed by atoms with Crippen molar-refractivity contribution in [1.29, 1.82) is 0 Å². The van der Waals surface area contributed by atoms with Crippen LogP contribution in [0.2, 0.25) is 0 Å². The zero-order valence-corrected chi connectivity index (χ0v) is 10.8. The Labute approximate surface area is 102 Å². The fourth-order valence-corrected chi connectivity index (χ4v) is 3.32. The smallest absolute Gasteiger partial charge is 0.303 e. The molecule has 0 aromatic heterocycles. The van der Waals surface area contributed by atoms with Gasteiger partial charge in [0, 0.05) is 13.3 Å². The van der Waals surface area contributed by atoms with Crippen LogP contribution < -0.4 is 0 Å². The van der Waals surface area contributed by atoms with Crippen LogP contribution in [0, 0.1) is 5.41 Å². The second kappa shape index (κ2) is 4.28. The van der Waals surface area contributed by atoms with Crippen molar-refractivity contribution in [3.8, 4) is 0 Å². The Morgan fingerprint density at radius 3 is 2.76 bits per heavy atom. The molecule has 2 atom stereocenters. The van der Waals surface area contributed by atoms with E-state index in [0.717, 1.165) is 18.4 Å². The number of carbonyl (C=O) groups is 2. The number of Topliss-reactive ketones (excluding diaryl/α,β-unsaturated/α-hetero) is 1. The van der Waals surface area contributed by atoms with Gasteiger partial charge in [-0.2, -0.15) is 0 Å². The van der Waals surface area contributed by atoms with Gasteiger partial charge in [-0.15, -0.1) is 0 Å². The Morgan fingerprint density at radius 1 is 1.41 bits per heavy atom. The van der Waals surface area contributed by atoms with E-state index in [1.807, 2.05) is 6.92 Å². The maximum atomic E-state index is 12.1. The molecule has 0 N–H and O–H groups in total. The van der Waals surface area contributed by atoms with E-state index in [1.54, 1.807) is 0 Å². The quantitative estimate of drug-likeness (QED) is 0.657. The van der Waals surface area contributed by atoms with Gasteiger partial charge in [-0.05, 0) is 37.2 Å². The molecular weight excluding hydrogens is 216 g/mol. The summed E-state index contributed by atoms with van der Waals surface area (Å²) in [5.74, 6) is -0.353. The number of carbonyl (C=O) groups excluding carboxylic acids is 2. The molecule has 17 heavy (non-hydrogen) atoms. The Bertz CT molecular complexity index is 394. The first kappa shape index (κ1) is 12.3. The van der Waals surface area contributed by atoms with Crippen molar-refractivity contribution in [3.63, 3.8) is 0 Å². The van der Waals surface area contributed by atoms with Gasteiger partial charge in [-0.25, -0.2) is 0 Å². The number of esters is 1. The van der Waals surface area contributed by atoms with Crippen LogP contribution in [0.15, 0.2) is 11.1 Å². The molecule has 2 rings (SSSR count). The molecule has 1 saturated carbocycles. The first-order chi connectivity index (χ1) is 7.94. The zero-order valence-electron chi connectivity index (χ0n) is 10.8. The average molecular weight is 236 g/mol. The molecule has 2 aliphatic rings. The Balaban J connectivity index is 2.32. The predicted octanol–water partition coefficient (Wildman–Crippen LogP) is 2.79. The van der Waals surface area contributed by atoms with Crippen LogP contribution in [0.1, 0.15) is 52.9 Å². The highest BCUT2D eigenvalue weighted by Crippen LogP contribution is 2.49. The van der Waals surface area contributed by atoms with Gasteiger partial charge >= 0.3 is 5.97 Å².